The van der Waals surface area contributed by atoms with E-state index < -0.39 is 117 Å². The second-order valence-corrected chi connectivity index (χ2v) is 23.4. The molecular weight excluding hydrogens is 837 g/mol. The number of rotatable bonds is 8. The van der Waals surface area contributed by atoms with Crippen molar-refractivity contribution >= 4 is 0 Å². The molecule has 0 aromatic heterocycles. The fraction of sp³-hybridized carbons (Fsp3) is 0.957. The average molecular weight is 913 g/mol. The van der Waals surface area contributed by atoms with E-state index >= 15 is 0 Å². The number of hydrogen-bond donors (Lipinski definition) is 10. The molecule has 17 nitrogen and oxygen atoms in total. The van der Waals surface area contributed by atoms with Crippen LogP contribution in [0, 0.1) is 50.2 Å². The molecule has 64 heavy (non-hydrogen) atoms. The second kappa shape index (κ2) is 16.3. The van der Waals surface area contributed by atoms with E-state index in [1.807, 2.05) is 0 Å². The Hall–Kier alpha value is -0.940. The summed E-state index contributed by atoms with van der Waals surface area (Å²) in [6.45, 7) is 16.6. The van der Waals surface area contributed by atoms with Crippen LogP contribution in [-0.2, 0) is 33.2 Å². The molecule has 4 saturated heterocycles. The van der Waals surface area contributed by atoms with Gasteiger partial charge in [-0.1, -0.05) is 60.1 Å². The summed E-state index contributed by atoms with van der Waals surface area (Å²) in [6, 6.07) is 0. The first-order valence-corrected chi connectivity index (χ1v) is 23.8. The van der Waals surface area contributed by atoms with E-state index in [1.54, 1.807) is 6.92 Å². The van der Waals surface area contributed by atoms with E-state index in [-0.39, 0.29) is 63.6 Å². The van der Waals surface area contributed by atoms with E-state index in [1.165, 1.54) is 5.57 Å². The standard InChI is InChI=1S/C47H76O17/c1-20-28(52)31(55)34(63-41-35(32(56)30(54)25(17-48)60-41)62-39-33(57)29(53)24(51)18-58-39)40(59-20)61-27-10-11-44(6)26(43(27,4)5)9-12-45(7)36(44)23(50)15-21-22-16-42(2,3)13-14-47(22,19-49)38-37(64-38)46(21,45)8/h15,20,22-41,48-57H,9-14,16-19H2,1-8H3/t20-,22+,23-,24-,25-,26+,27+,28+,29+,30-,31+,32+,33-,34-,35-,36-,37+,38-,39+,40+,41+,44+,45-,46+,47-/m1/s1. The van der Waals surface area contributed by atoms with Crippen molar-refractivity contribution in [1.29, 1.82) is 0 Å². The molecular formula is C47H76O17. The van der Waals surface area contributed by atoms with Gasteiger partial charge in [0.15, 0.2) is 18.9 Å². The molecule has 9 rings (SSSR count). The molecule has 4 saturated carbocycles. The Morgan fingerprint density at radius 1 is 0.672 bits per heavy atom. The molecule has 0 bridgehead atoms. The van der Waals surface area contributed by atoms with E-state index in [4.69, 9.17) is 33.2 Å². The highest BCUT2D eigenvalue weighted by atomic mass is 16.8. The number of aliphatic hydroxyl groups is 10. The first-order chi connectivity index (χ1) is 29.9. The van der Waals surface area contributed by atoms with Gasteiger partial charge in [0.1, 0.15) is 61.0 Å². The summed E-state index contributed by atoms with van der Waals surface area (Å²) in [5, 5.41) is 110. The number of ether oxygens (including phenoxy) is 7. The minimum atomic E-state index is -1.80. The third-order valence-corrected chi connectivity index (χ3v) is 19.3. The van der Waals surface area contributed by atoms with Gasteiger partial charge >= 0.3 is 0 Å². The van der Waals surface area contributed by atoms with Gasteiger partial charge in [-0.25, -0.2) is 0 Å². The molecule has 0 amide bonds. The maximum atomic E-state index is 12.6. The van der Waals surface area contributed by atoms with Gasteiger partial charge in [-0.15, -0.1) is 0 Å². The Kier molecular flexibility index (Phi) is 12.3. The summed E-state index contributed by atoms with van der Waals surface area (Å²) in [4.78, 5) is 0. The van der Waals surface area contributed by atoms with Gasteiger partial charge in [0.05, 0.1) is 50.3 Å². The maximum absolute atomic E-state index is 12.6. The van der Waals surface area contributed by atoms with Crippen LogP contribution in [0.1, 0.15) is 100 Å². The van der Waals surface area contributed by atoms with Gasteiger partial charge < -0.3 is 84.2 Å². The number of epoxide rings is 1. The molecule has 9 aliphatic rings. The number of fused-ring (bicyclic) bond motifs is 10. The second-order valence-electron chi connectivity index (χ2n) is 23.4. The van der Waals surface area contributed by atoms with Crippen LogP contribution in [0.5, 0.6) is 0 Å². The summed E-state index contributed by atoms with van der Waals surface area (Å²) < 4.78 is 43.5. The fourth-order valence-electron chi connectivity index (χ4n) is 15.4. The molecule has 0 aromatic carbocycles. The van der Waals surface area contributed by atoms with Crippen LogP contribution in [0.15, 0.2) is 11.6 Å². The molecule has 17 heteroatoms. The molecule has 4 heterocycles. The van der Waals surface area contributed by atoms with Crippen molar-refractivity contribution in [3.63, 3.8) is 0 Å². The van der Waals surface area contributed by atoms with E-state index in [0.717, 1.165) is 32.1 Å². The van der Waals surface area contributed by atoms with Gasteiger partial charge in [-0.3, -0.25) is 0 Å². The molecule has 4 aliphatic heterocycles. The smallest absolute Gasteiger partial charge is 0.187 e. The normalized spacial score (nSPS) is 57.5. The van der Waals surface area contributed by atoms with Crippen molar-refractivity contribution in [1.82, 2.24) is 0 Å². The van der Waals surface area contributed by atoms with Crippen LogP contribution in [0.2, 0.25) is 0 Å². The summed E-state index contributed by atoms with van der Waals surface area (Å²) in [7, 11) is 0. The molecule has 25 atom stereocenters. The van der Waals surface area contributed by atoms with Crippen molar-refractivity contribution in [2.75, 3.05) is 19.8 Å². The van der Waals surface area contributed by atoms with Gasteiger partial charge in [-0.05, 0) is 85.4 Å². The van der Waals surface area contributed by atoms with Gasteiger partial charge in [0, 0.05) is 16.7 Å². The van der Waals surface area contributed by atoms with E-state index in [2.05, 4.69) is 54.5 Å². The molecule has 8 fully saturated rings. The fourth-order valence-corrected chi connectivity index (χ4v) is 15.4. The van der Waals surface area contributed by atoms with Crippen molar-refractivity contribution in [3.8, 4) is 0 Å². The maximum Gasteiger partial charge on any atom is 0.187 e. The minimum absolute atomic E-state index is 0.0145. The number of aliphatic hydroxyl groups excluding tert-OH is 10. The predicted octanol–water partition coefficient (Wildman–Crippen LogP) is 0.239. The quantitative estimate of drug-likeness (QED) is 0.0888. The Morgan fingerprint density at radius 2 is 1.33 bits per heavy atom. The summed E-state index contributed by atoms with van der Waals surface area (Å²) in [5.74, 6) is 0.0866. The zero-order valence-corrected chi connectivity index (χ0v) is 38.6. The predicted molar refractivity (Wildman–Crippen MR) is 223 cm³/mol. The van der Waals surface area contributed by atoms with Gasteiger partial charge in [-0.2, -0.15) is 0 Å². The highest BCUT2D eigenvalue weighted by molar-refractivity contribution is 5.41. The third-order valence-electron chi connectivity index (χ3n) is 19.3. The first kappa shape index (κ1) is 48.1. The van der Waals surface area contributed by atoms with Crippen LogP contribution < -0.4 is 0 Å². The van der Waals surface area contributed by atoms with Crippen molar-refractivity contribution in [2.24, 2.45) is 50.2 Å². The Balaban J connectivity index is 0.980. The summed E-state index contributed by atoms with van der Waals surface area (Å²) >= 11 is 0. The lowest BCUT2D eigenvalue weighted by Gasteiger charge is -2.71. The van der Waals surface area contributed by atoms with Crippen LogP contribution in [0.25, 0.3) is 0 Å². The SMILES string of the molecule is C[C@H]1O[C@@H](O[C@H]2CC[C@]3(C)[C@H]4[C@H](O)C=C5[C@@H]6CC(C)(C)CC[C@]6(CO)[C@@H]6O[C@@H]6[C@@]5(C)[C@]4(C)CC[C@H]3C2(C)C)[C@H](O[C@@H]2O[C@H](CO)[C@@H](O)[C@H](O)[C@H]2O[C@@H]2OC[C@@H](O)[C@H](O)[C@H]2O)[C@@H](O)[C@H]1O. The molecule has 10 N–H and O–H groups in total. The minimum Gasteiger partial charge on any atom is -0.396 e. The molecule has 0 spiro atoms. The molecule has 0 aromatic rings. The van der Waals surface area contributed by atoms with Crippen molar-refractivity contribution < 1.29 is 84.2 Å². The highest BCUT2D eigenvalue weighted by Gasteiger charge is 2.79. The number of hydrogen-bond acceptors (Lipinski definition) is 17. The van der Waals surface area contributed by atoms with Crippen LogP contribution in [-0.4, -0.2) is 181 Å². The van der Waals surface area contributed by atoms with Gasteiger partial charge in [0.25, 0.3) is 0 Å². The third kappa shape index (κ3) is 6.95. The topological polar surface area (TPSA) is 270 Å². The van der Waals surface area contributed by atoms with E-state index in [0.29, 0.717) is 12.8 Å². The van der Waals surface area contributed by atoms with Gasteiger partial charge in [0.2, 0.25) is 0 Å². The average Bonchev–Trinajstić information content (AvgIpc) is 4.05. The first-order valence-electron chi connectivity index (χ1n) is 23.8. The summed E-state index contributed by atoms with van der Waals surface area (Å²) in [6.07, 6.45) is -14.5. The zero-order valence-electron chi connectivity index (χ0n) is 38.6. The van der Waals surface area contributed by atoms with Crippen LogP contribution >= 0.6 is 0 Å². The zero-order chi connectivity index (χ0) is 46.4. The van der Waals surface area contributed by atoms with Crippen molar-refractivity contribution in [2.45, 2.75) is 211 Å². The molecule has 5 aliphatic carbocycles. The monoisotopic (exact) mass is 913 g/mol. The van der Waals surface area contributed by atoms with Crippen LogP contribution in [0.3, 0.4) is 0 Å². The lowest BCUT2D eigenvalue weighted by atomic mass is 9.33. The Morgan fingerprint density at radius 3 is 2.00 bits per heavy atom. The van der Waals surface area contributed by atoms with Crippen molar-refractivity contribution in [3.05, 3.63) is 11.6 Å². The highest BCUT2D eigenvalue weighted by Crippen LogP contribution is 2.79. The molecule has 0 radical (unpaired) electrons. The van der Waals surface area contributed by atoms with E-state index in [9.17, 15) is 51.1 Å². The lowest BCUT2D eigenvalue weighted by Crippen LogP contribution is -2.69. The molecule has 366 valence electrons. The summed E-state index contributed by atoms with van der Waals surface area (Å²) in [5.41, 5.74) is -0.453. The lowest BCUT2D eigenvalue weighted by molar-refractivity contribution is -0.393. The molecule has 0 unspecified atom stereocenters. The van der Waals surface area contributed by atoms with Crippen LogP contribution in [0.4, 0.5) is 0 Å². The largest absolute Gasteiger partial charge is 0.396 e. The Labute approximate surface area is 376 Å². The Bertz CT molecular complexity index is 1760.